The average Bonchev–Trinajstić information content (AvgIpc) is 3.32. The number of aromatic nitrogens is 3. The van der Waals surface area contributed by atoms with Crippen LogP contribution in [0.25, 0.3) is 0 Å². The summed E-state index contributed by atoms with van der Waals surface area (Å²) >= 11 is 0. The Labute approximate surface area is 155 Å². The van der Waals surface area contributed by atoms with Crippen LogP contribution in [0.4, 0.5) is 4.39 Å². The number of ether oxygens (including phenoxy) is 1. The molecule has 0 N–H and O–H groups in total. The van der Waals surface area contributed by atoms with Gasteiger partial charge in [-0.2, -0.15) is 0 Å². The Balaban J connectivity index is 1.45. The number of rotatable bonds is 5. The van der Waals surface area contributed by atoms with Gasteiger partial charge in [-0.05, 0) is 36.6 Å². The minimum atomic E-state index is -0.478. The molecule has 1 aliphatic rings. The topological polar surface area (TPSA) is 73.4 Å². The lowest BCUT2D eigenvalue weighted by atomic mass is 10.1. The van der Waals surface area contributed by atoms with Crippen molar-refractivity contribution in [2.45, 2.75) is 19.5 Å². The second kappa shape index (κ2) is 7.61. The molecule has 0 aromatic carbocycles. The fraction of sp³-hybridized carbons (Fsp3) is 0.316. The van der Waals surface area contributed by atoms with Crippen molar-refractivity contribution in [2.24, 2.45) is 5.92 Å². The van der Waals surface area contributed by atoms with Gasteiger partial charge in [0.1, 0.15) is 6.26 Å². The van der Waals surface area contributed by atoms with E-state index in [1.165, 1.54) is 31.0 Å². The summed E-state index contributed by atoms with van der Waals surface area (Å²) in [5, 5.41) is 0. The zero-order valence-corrected chi connectivity index (χ0v) is 14.6. The summed E-state index contributed by atoms with van der Waals surface area (Å²) in [5.74, 6) is -0.487. The van der Waals surface area contributed by atoms with Gasteiger partial charge in [0.05, 0.1) is 13.2 Å². The molecule has 0 fully saturated rings. The highest BCUT2D eigenvalue weighted by Crippen LogP contribution is 2.21. The Morgan fingerprint density at radius 1 is 1.30 bits per heavy atom. The summed E-state index contributed by atoms with van der Waals surface area (Å²) in [7, 11) is 0. The molecule has 140 valence electrons. The molecule has 4 heterocycles. The zero-order chi connectivity index (χ0) is 18.6. The first-order chi connectivity index (χ1) is 13.2. The number of amides is 1. The van der Waals surface area contributed by atoms with Crippen molar-refractivity contribution in [3.05, 3.63) is 66.5 Å². The molecule has 0 spiro atoms. The molecule has 0 unspecified atom stereocenters. The van der Waals surface area contributed by atoms with Crippen LogP contribution < -0.4 is 4.74 Å². The number of oxazole rings is 1. The van der Waals surface area contributed by atoms with Crippen LogP contribution in [0.1, 0.15) is 22.6 Å². The van der Waals surface area contributed by atoms with Crippen LogP contribution in [0.5, 0.6) is 5.88 Å². The number of hydrogen-bond acceptors (Lipinski definition) is 5. The maximum Gasteiger partial charge on any atom is 0.276 e. The van der Waals surface area contributed by atoms with Gasteiger partial charge in [0.25, 0.3) is 5.91 Å². The molecule has 3 aromatic heterocycles. The van der Waals surface area contributed by atoms with Crippen LogP contribution in [0.2, 0.25) is 0 Å². The maximum absolute atomic E-state index is 13.6. The molecule has 0 radical (unpaired) electrons. The third-order valence-electron chi connectivity index (χ3n) is 4.64. The molecule has 4 rings (SSSR count). The first kappa shape index (κ1) is 17.3. The second-order valence-corrected chi connectivity index (χ2v) is 6.50. The molecule has 0 saturated carbocycles. The van der Waals surface area contributed by atoms with Gasteiger partial charge >= 0.3 is 0 Å². The highest BCUT2D eigenvalue weighted by atomic mass is 19.1. The summed E-state index contributed by atoms with van der Waals surface area (Å²) in [5.41, 5.74) is 1.35. The SMILES string of the molecule is O=C(c1cocn1)N1Cc2cccn2C[C@@H](CCOc2ncccc2F)C1. The molecule has 7 nitrogen and oxygen atoms in total. The molecular formula is C19H19FN4O3. The van der Waals surface area contributed by atoms with Gasteiger partial charge in [0, 0.05) is 31.2 Å². The van der Waals surface area contributed by atoms with Crippen LogP contribution in [-0.4, -0.2) is 38.5 Å². The van der Waals surface area contributed by atoms with Crippen LogP contribution >= 0.6 is 0 Å². The van der Waals surface area contributed by atoms with E-state index in [4.69, 9.17) is 9.15 Å². The highest BCUT2D eigenvalue weighted by Gasteiger charge is 2.26. The highest BCUT2D eigenvalue weighted by molar-refractivity contribution is 5.91. The molecule has 0 bridgehead atoms. The van der Waals surface area contributed by atoms with E-state index in [9.17, 15) is 9.18 Å². The Hall–Kier alpha value is -3.16. The van der Waals surface area contributed by atoms with Crippen LogP contribution in [0.15, 0.2) is 53.7 Å². The summed E-state index contributed by atoms with van der Waals surface area (Å²) in [6.45, 7) is 2.15. The van der Waals surface area contributed by atoms with E-state index >= 15 is 0 Å². The fourth-order valence-corrected chi connectivity index (χ4v) is 3.30. The quantitative estimate of drug-likeness (QED) is 0.690. The number of halogens is 1. The predicted octanol–water partition coefficient (Wildman–Crippen LogP) is 2.75. The smallest absolute Gasteiger partial charge is 0.276 e. The van der Waals surface area contributed by atoms with Gasteiger partial charge < -0.3 is 18.6 Å². The molecule has 8 heteroatoms. The fourth-order valence-electron chi connectivity index (χ4n) is 3.30. The van der Waals surface area contributed by atoms with E-state index in [-0.39, 0.29) is 17.7 Å². The number of fused-ring (bicyclic) bond motifs is 1. The Kier molecular flexibility index (Phi) is 4.86. The standard InChI is InChI=1S/C19H19FN4O3/c20-16-4-1-6-21-18(16)27-8-5-14-9-23-7-2-3-15(23)11-24(10-14)19(25)17-12-26-13-22-17/h1-4,6-7,12-14H,5,8-11H2/t14-/m1/s1. The third kappa shape index (κ3) is 3.84. The summed E-state index contributed by atoms with van der Waals surface area (Å²) in [4.78, 5) is 22.4. The van der Waals surface area contributed by atoms with Gasteiger partial charge in [-0.3, -0.25) is 4.79 Å². The minimum absolute atomic E-state index is 0.00306. The number of pyridine rings is 1. The van der Waals surface area contributed by atoms with E-state index in [0.29, 0.717) is 31.8 Å². The number of carbonyl (C=O) groups is 1. The lowest BCUT2D eigenvalue weighted by molar-refractivity contribution is 0.0706. The molecule has 3 aromatic rings. The number of carbonyl (C=O) groups excluding carboxylic acids is 1. The number of hydrogen-bond donors (Lipinski definition) is 0. The summed E-state index contributed by atoms with van der Waals surface area (Å²) in [6.07, 6.45) is 6.77. The first-order valence-corrected chi connectivity index (χ1v) is 8.75. The van der Waals surface area contributed by atoms with Gasteiger partial charge in [-0.25, -0.2) is 14.4 Å². The van der Waals surface area contributed by atoms with Crippen LogP contribution in [-0.2, 0) is 13.1 Å². The molecule has 1 amide bonds. The molecule has 1 atom stereocenters. The van der Waals surface area contributed by atoms with Crippen molar-refractivity contribution in [3.63, 3.8) is 0 Å². The second-order valence-electron chi connectivity index (χ2n) is 6.50. The lowest BCUT2D eigenvalue weighted by Crippen LogP contribution is -2.34. The van der Waals surface area contributed by atoms with Crippen LogP contribution in [0.3, 0.4) is 0 Å². The van der Waals surface area contributed by atoms with E-state index in [0.717, 1.165) is 12.2 Å². The lowest BCUT2D eigenvalue weighted by Gasteiger charge is -2.23. The average molecular weight is 370 g/mol. The molecule has 0 saturated heterocycles. The monoisotopic (exact) mass is 370 g/mol. The largest absolute Gasteiger partial charge is 0.476 e. The van der Waals surface area contributed by atoms with E-state index in [1.54, 1.807) is 4.90 Å². The number of nitrogens with zero attached hydrogens (tertiary/aromatic N) is 4. The Morgan fingerprint density at radius 3 is 3.04 bits per heavy atom. The van der Waals surface area contributed by atoms with Gasteiger partial charge in [0.2, 0.25) is 5.88 Å². The molecule has 27 heavy (non-hydrogen) atoms. The normalized spacial score (nSPS) is 16.6. The van der Waals surface area contributed by atoms with Gasteiger partial charge in [0.15, 0.2) is 17.9 Å². The van der Waals surface area contributed by atoms with Crippen LogP contribution in [0, 0.1) is 11.7 Å². The van der Waals surface area contributed by atoms with Gasteiger partial charge in [-0.15, -0.1) is 0 Å². The van der Waals surface area contributed by atoms with Crippen molar-refractivity contribution in [1.29, 1.82) is 0 Å². The summed E-state index contributed by atoms with van der Waals surface area (Å²) < 4.78 is 26.2. The van der Waals surface area contributed by atoms with Crippen molar-refractivity contribution in [2.75, 3.05) is 13.2 Å². The van der Waals surface area contributed by atoms with Gasteiger partial charge in [-0.1, -0.05) is 0 Å². The maximum atomic E-state index is 13.6. The minimum Gasteiger partial charge on any atom is -0.476 e. The van der Waals surface area contributed by atoms with Crippen molar-refractivity contribution in [1.82, 2.24) is 19.4 Å². The Bertz CT molecular complexity index is 909. The first-order valence-electron chi connectivity index (χ1n) is 8.75. The predicted molar refractivity (Wildman–Crippen MR) is 93.5 cm³/mol. The van der Waals surface area contributed by atoms with Crippen molar-refractivity contribution in [3.8, 4) is 5.88 Å². The van der Waals surface area contributed by atoms with E-state index in [2.05, 4.69) is 14.5 Å². The zero-order valence-electron chi connectivity index (χ0n) is 14.6. The molecule has 1 aliphatic heterocycles. The van der Waals surface area contributed by atoms with E-state index in [1.807, 2.05) is 18.3 Å². The van der Waals surface area contributed by atoms with Crippen molar-refractivity contribution >= 4 is 5.91 Å². The van der Waals surface area contributed by atoms with E-state index < -0.39 is 5.82 Å². The summed E-state index contributed by atoms with van der Waals surface area (Å²) in [6, 6.07) is 6.81. The molecule has 0 aliphatic carbocycles. The van der Waals surface area contributed by atoms with Crippen molar-refractivity contribution < 1.29 is 18.3 Å². The third-order valence-corrected chi connectivity index (χ3v) is 4.64. The molecular weight excluding hydrogens is 351 g/mol. The Morgan fingerprint density at radius 2 is 2.22 bits per heavy atom.